The molecule has 1 N–H and O–H groups in total. The lowest BCUT2D eigenvalue weighted by molar-refractivity contribution is -0.159. The number of nitrogens with one attached hydrogen (secondary N) is 1. The number of amides is 1. The lowest BCUT2D eigenvalue weighted by atomic mass is 10.0. The molecule has 0 rings (SSSR count). The van der Waals surface area contributed by atoms with Gasteiger partial charge in [-0.05, 0) is 33.6 Å². The quantitative estimate of drug-likeness (QED) is 0.605. The minimum Gasteiger partial charge on any atom is -0.458 e. The van der Waals surface area contributed by atoms with Crippen LogP contribution in [0.1, 0.15) is 41.5 Å². The van der Waals surface area contributed by atoms with Gasteiger partial charge in [-0.2, -0.15) is 0 Å². The first-order valence-electron chi connectivity index (χ1n) is 5.74. The van der Waals surface area contributed by atoms with Gasteiger partial charge in [0.1, 0.15) is 11.6 Å². The van der Waals surface area contributed by atoms with Crippen molar-refractivity contribution < 1.29 is 14.3 Å². The molecule has 0 unspecified atom stereocenters. The summed E-state index contributed by atoms with van der Waals surface area (Å²) in [5, 5.41) is 2.63. The molecule has 4 nitrogen and oxygen atoms in total. The summed E-state index contributed by atoms with van der Waals surface area (Å²) >= 11 is 0. The van der Waals surface area contributed by atoms with E-state index in [1.165, 1.54) is 0 Å². The molecule has 0 aromatic heterocycles. The van der Waals surface area contributed by atoms with E-state index in [0.717, 1.165) is 0 Å². The Morgan fingerprint density at radius 3 is 2.00 bits per heavy atom. The minimum absolute atomic E-state index is 0.0341. The highest BCUT2D eigenvalue weighted by Crippen LogP contribution is 2.12. The Hall–Kier alpha value is -1.32. The van der Waals surface area contributed by atoms with Crippen LogP contribution in [0, 0.1) is 5.92 Å². The van der Waals surface area contributed by atoms with Gasteiger partial charge in [0, 0.05) is 5.57 Å². The van der Waals surface area contributed by atoms with Crippen LogP contribution in [0.15, 0.2) is 12.2 Å². The van der Waals surface area contributed by atoms with Gasteiger partial charge >= 0.3 is 5.97 Å². The molecule has 0 aliphatic heterocycles. The van der Waals surface area contributed by atoms with E-state index in [-0.39, 0.29) is 11.8 Å². The van der Waals surface area contributed by atoms with Crippen molar-refractivity contribution in [3.8, 4) is 0 Å². The summed E-state index contributed by atoms with van der Waals surface area (Å²) in [4.78, 5) is 23.4. The zero-order valence-electron chi connectivity index (χ0n) is 11.6. The van der Waals surface area contributed by atoms with Crippen molar-refractivity contribution in [2.24, 2.45) is 5.92 Å². The Bertz CT molecular complexity index is 313. The molecule has 0 aliphatic rings. The van der Waals surface area contributed by atoms with Crippen molar-refractivity contribution in [1.29, 1.82) is 0 Å². The molecule has 0 aromatic carbocycles. The predicted octanol–water partition coefficient (Wildman–Crippen LogP) is 2.04. The summed E-state index contributed by atoms with van der Waals surface area (Å²) in [6.45, 7) is 14.2. The molecule has 0 bridgehead atoms. The molecule has 0 fully saturated rings. The molecule has 0 aliphatic carbocycles. The van der Waals surface area contributed by atoms with Crippen molar-refractivity contribution in [2.75, 3.05) is 0 Å². The van der Waals surface area contributed by atoms with Crippen LogP contribution in [-0.4, -0.2) is 23.5 Å². The lowest BCUT2D eigenvalue weighted by Gasteiger charge is -2.26. The average Bonchev–Trinajstić information content (AvgIpc) is 2.09. The number of rotatable bonds is 4. The molecule has 0 saturated carbocycles. The molecule has 17 heavy (non-hydrogen) atoms. The number of carbonyl (C=O) groups excluding carboxylic acids is 2. The molecule has 4 heteroatoms. The highest BCUT2D eigenvalue weighted by molar-refractivity contribution is 5.95. The molecule has 0 spiro atoms. The van der Waals surface area contributed by atoms with Crippen LogP contribution in [0.5, 0.6) is 0 Å². The molecular weight excluding hydrogens is 218 g/mol. The van der Waals surface area contributed by atoms with Gasteiger partial charge in [0.05, 0.1) is 0 Å². The highest BCUT2D eigenvalue weighted by atomic mass is 16.6. The molecule has 0 heterocycles. The maximum absolute atomic E-state index is 11.9. The fourth-order valence-corrected chi connectivity index (χ4v) is 1.13. The summed E-state index contributed by atoms with van der Waals surface area (Å²) < 4.78 is 5.26. The summed E-state index contributed by atoms with van der Waals surface area (Å²) in [7, 11) is 0. The smallest absolute Gasteiger partial charge is 0.329 e. The first-order chi connectivity index (χ1) is 7.54. The number of esters is 1. The maximum Gasteiger partial charge on any atom is 0.329 e. The molecule has 0 aromatic rings. The van der Waals surface area contributed by atoms with Gasteiger partial charge in [-0.3, -0.25) is 4.79 Å². The number of hydrogen-bond donors (Lipinski definition) is 1. The van der Waals surface area contributed by atoms with E-state index in [1.54, 1.807) is 27.7 Å². The van der Waals surface area contributed by atoms with E-state index in [4.69, 9.17) is 4.74 Å². The Morgan fingerprint density at radius 1 is 1.24 bits per heavy atom. The van der Waals surface area contributed by atoms with Crippen molar-refractivity contribution >= 4 is 11.9 Å². The van der Waals surface area contributed by atoms with E-state index in [0.29, 0.717) is 5.57 Å². The Balaban J connectivity index is 4.70. The van der Waals surface area contributed by atoms with Crippen molar-refractivity contribution in [3.63, 3.8) is 0 Å². The third-order valence-corrected chi connectivity index (χ3v) is 2.00. The van der Waals surface area contributed by atoms with Crippen LogP contribution in [0.3, 0.4) is 0 Å². The summed E-state index contributed by atoms with van der Waals surface area (Å²) in [6.07, 6.45) is 0. The van der Waals surface area contributed by atoms with E-state index in [2.05, 4.69) is 11.9 Å². The minimum atomic E-state index is -0.640. The average molecular weight is 241 g/mol. The van der Waals surface area contributed by atoms with Crippen LogP contribution in [0.2, 0.25) is 0 Å². The predicted molar refractivity (Wildman–Crippen MR) is 67.4 cm³/mol. The number of carbonyl (C=O) groups is 2. The fraction of sp³-hybridized carbons (Fsp3) is 0.692. The second-order valence-corrected chi connectivity index (χ2v) is 5.51. The molecule has 0 saturated heterocycles. The lowest BCUT2D eigenvalue weighted by Crippen LogP contribution is -2.47. The maximum atomic E-state index is 11.9. The zero-order chi connectivity index (χ0) is 13.8. The van der Waals surface area contributed by atoms with Gasteiger partial charge in [-0.15, -0.1) is 0 Å². The summed E-state index contributed by atoms with van der Waals surface area (Å²) in [5.74, 6) is -0.773. The van der Waals surface area contributed by atoms with Gasteiger partial charge in [-0.1, -0.05) is 20.4 Å². The second-order valence-electron chi connectivity index (χ2n) is 5.51. The van der Waals surface area contributed by atoms with Gasteiger partial charge in [0.25, 0.3) is 0 Å². The zero-order valence-corrected chi connectivity index (χ0v) is 11.6. The monoisotopic (exact) mass is 241 g/mol. The van der Waals surface area contributed by atoms with E-state index >= 15 is 0 Å². The Morgan fingerprint density at radius 2 is 1.71 bits per heavy atom. The molecule has 1 amide bonds. The highest BCUT2D eigenvalue weighted by Gasteiger charge is 2.29. The standard InChI is InChI=1S/C13H23NO3/c1-8(2)10(14-11(15)9(3)4)12(16)17-13(5,6)7/h8,10H,3H2,1-2,4-7H3,(H,14,15)/t10-/m0/s1. The summed E-state index contributed by atoms with van der Waals surface area (Å²) in [5.41, 5.74) is -0.183. The van der Waals surface area contributed by atoms with Crippen molar-refractivity contribution in [1.82, 2.24) is 5.32 Å². The van der Waals surface area contributed by atoms with Crippen LogP contribution in [0.4, 0.5) is 0 Å². The molecule has 1 atom stereocenters. The third kappa shape index (κ3) is 6.09. The normalized spacial score (nSPS) is 13.1. The van der Waals surface area contributed by atoms with E-state index in [1.807, 2.05) is 13.8 Å². The molecule has 98 valence electrons. The van der Waals surface area contributed by atoms with E-state index in [9.17, 15) is 9.59 Å². The van der Waals surface area contributed by atoms with Crippen LogP contribution in [0.25, 0.3) is 0 Å². The van der Waals surface area contributed by atoms with Crippen molar-refractivity contribution in [2.45, 2.75) is 53.2 Å². The van der Waals surface area contributed by atoms with Crippen molar-refractivity contribution in [3.05, 3.63) is 12.2 Å². The second kappa shape index (κ2) is 5.84. The first kappa shape index (κ1) is 15.7. The fourth-order valence-electron chi connectivity index (χ4n) is 1.13. The largest absolute Gasteiger partial charge is 0.458 e. The van der Waals surface area contributed by atoms with Gasteiger partial charge in [0.15, 0.2) is 0 Å². The SMILES string of the molecule is C=C(C)C(=O)N[C@H](C(=O)OC(C)(C)C)C(C)C. The topological polar surface area (TPSA) is 55.4 Å². The van der Waals surface area contributed by atoms with Crippen LogP contribution < -0.4 is 5.32 Å². The number of hydrogen-bond acceptors (Lipinski definition) is 3. The van der Waals surface area contributed by atoms with Gasteiger partial charge < -0.3 is 10.1 Å². The van der Waals surface area contributed by atoms with E-state index < -0.39 is 17.6 Å². The third-order valence-electron chi connectivity index (χ3n) is 2.00. The number of ether oxygens (including phenoxy) is 1. The first-order valence-corrected chi connectivity index (χ1v) is 5.74. The van der Waals surface area contributed by atoms with Gasteiger partial charge in [-0.25, -0.2) is 4.79 Å². The molecular formula is C13H23NO3. The summed E-state index contributed by atoms with van der Waals surface area (Å²) in [6, 6.07) is -0.640. The Kier molecular flexibility index (Phi) is 5.39. The van der Waals surface area contributed by atoms with Crippen LogP contribution in [-0.2, 0) is 14.3 Å². The Labute approximate surface area is 103 Å². The molecule has 0 radical (unpaired) electrons. The van der Waals surface area contributed by atoms with Crippen LogP contribution >= 0.6 is 0 Å². The van der Waals surface area contributed by atoms with Gasteiger partial charge in [0.2, 0.25) is 5.91 Å².